The molecule has 1 heterocycles. The molecule has 0 radical (unpaired) electrons. The molecule has 0 bridgehead atoms. The first kappa shape index (κ1) is 9.26. The van der Waals surface area contributed by atoms with E-state index in [1.54, 1.807) is 0 Å². The molecular formula is C9H17N3. The van der Waals surface area contributed by atoms with E-state index in [1.165, 1.54) is 5.69 Å². The number of aryl methyl sites for hydroxylation is 1. The van der Waals surface area contributed by atoms with Gasteiger partial charge in [-0.2, -0.15) is 0 Å². The Labute approximate surface area is 73.6 Å². The lowest BCUT2D eigenvalue weighted by atomic mass is 10.2. The molecule has 1 rings (SSSR count). The predicted octanol–water partition coefficient (Wildman–Crippen LogP) is 1.56. The summed E-state index contributed by atoms with van der Waals surface area (Å²) in [5.41, 5.74) is 2.30. The minimum Gasteiger partial charge on any atom is -0.346 e. The van der Waals surface area contributed by atoms with E-state index in [4.69, 9.17) is 0 Å². The molecule has 0 atom stereocenters. The van der Waals surface area contributed by atoms with Gasteiger partial charge in [-0.1, -0.05) is 13.8 Å². The molecule has 0 saturated carbocycles. The van der Waals surface area contributed by atoms with Crippen LogP contribution in [-0.2, 0) is 6.54 Å². The van der Waals surface area contributed by atoms with E-state index in [9.17, 15) is 0 Å². The summed E-state index contributed by atoms with van der Waals surface area (Å²) in [6.45, 7) is 7.18. The molecule has 1 aromatic rings. The summed E-state index contributed by atoms with van der Waals surface area (Å²) in [7, 11) is 1.93. The molecule has 3 nitrogen and oxygen atoms in total. The van der Waals surface area contributed by atoms with Gasteiger partial charge in [-0.25, -0.2) is 4.98 Å². The quantitative estimate of drug-likeness (QED) is 0.717. The Bertz CT molecular complexity index is 250. The van der Waals surface area contributed by atoms with Crippen molar-refractivity contribution in [1.82, 2.24) is 15.3 Å². The third-order valence-corrected chi connectivity index (χ3v) is 1.89. The molecule has 0 aliphatic heterocycles. The van der Waals surface area contributed by atoms with Crippen molar-refractivity contribution in [2.45, 2.75) is 33.2 Å². The second-order valence-electron chi connectivity index (χ2n) is 3.38. The highest BCUT2D eigenvalue weighted by molar-refractivity contribution is 5.14. The molecule has 2 N–H and O–H groups in total. The number of H-pyrrole nitrogens is 1. The minimum atomic E-state index is 0.481. The van der Waals surface area contributed by atoms with Crippen molar-refractivity contribution in [3.05, 3.63) is 17.2 Å². The third kappa shape index (κ3) is 1.85. The molecule has 0 spiro atoms. The molecule has 0 amide bonds. The molecule has 0 unspecified atom stereocenters. The number of hydrogen-bond acceptors (Lipinski definition) is 2. The fourth-order valence-electron chi connectivity index (χ4n) is 1.13. The van der Waals surface area contributed by atoms with Gasteiger partial charge in [-0.05, 0) is 14.0 Å². The molecule has 3 heteroatoms. The summed E-state index contributed by atoms with van der Waals surface area (Å²) in [5, 5.41) is 3.09. The van der Waals surface area contributed by atoms with E-state index in [0.717, 1.165) is 18.1 Å². The number of aromatic amines is 1. The van der Waals surface area contributed by atoms with Crippen molar-refractivity contribution in [3.8, 4) is 0 Å². The smallest absolute Gasteiger partial charge is 0.109 e. The lowest BCUT2D eigenvalue weighted by Gasteiger charge is -1.96. The zero-order chi connectivity index (χ0) is 9.14. The van der Waals surface area contributed by atoms with Gasteiger partial charge in [0.2, 0.25) is 0 Å². The van der Waals surface area contributed by atoms with Crippen LogP contribution in [0.15, 0.2) is 0 Å². The summed E-state index contributed by atoms with van der Waals surface area (Å²) in [6, 6.07) is 0. The van der Waals surface area contributed by atoms with E-state index in [2.05, 4.69) is 36.1 Å². The molecule has 0 fully saturated rings. The van der Waals surface area contributed by atoms with E-state index in [-0.39, 0.29) is 0 Å². The molecule has 12 heavy (non-hydrogen) atoms. The standard InChI is InChI=1S/C9H17N3/c1-6(2)9-11-7(3)8(12-9)5-10-4/h6,10H,5H2,1-4H3,(H,11,12). The van der Waals surface area contributed by atoms with Crippen molar-refractivity contribution in [3.63, 3.8) is 0 Å². The lowest BCUT2D eigenvalue weighted by molar-refractivity contribution is 0.764. The predicted molar refractivity (Wildman–Crippen MR) is 50.2 cm³/mol. The van der Waals surface area contributed by atoms with E-state index >= 15 is 0 Å². The van der Waals surface area contributed by atoms with Crippen LogP contribution in [-0.4, -0.2) is 17.0 Å². The number of nitrogens with zero attached hydrogens (tertiary/aromatic N) is 1. The van der Waals surface area contributed by atoms with Crippen LogP contribution in [0.5, 0.6) is 0 Å². The van der Waals surface area contributed by atoms with Gasteiger partial charge in [-0.15, -0.1) is 0 Å². The van der Waals surface area contributed by atoms with Crippen LogP contribution in [0.1, 0.15) is 37.0 Å². The first-order chi connectivity index (χ1) is 5.65. The number of imidazole rings is 1. The number of nitrogens with one attached hydrogen (secondary N) is 2. The molecule has 0 saturated heterocycles. The first-order valence-corrected chi connectivity index (χ1v) is 4.35. The Hall–Kier alpha value is -0.830. The second-order valence-corrected chi connectivity index (χ2v) is 3.38. The molecule has 0 aliphatic rings. The molecule has 0 aromatic carbocycles. The summed E-state index contributed by atoms with van der Waals surface area (Å²) in [5.74, 6) is 1.56. The monoisotopic (exact) mass is 167 g/mol. The Morgan fingerprint density at radius 1 is 1.50 bits per heavy atom. The maximum absolute atomic E-state index is 4.48. The van der Waals surface area contributed by atoms with E-state index in [0.29, 0.717) is 5.92 Å². The maximum Gasteiger partial charge on any atom is 0.109 e. The number of hydrogen-bond donors (Lipinski definition) is 2. The van der Waals surface area contributed by atoms with Gasteiger partial charge in [0.25, 0.3) is 0 Å². The van der Waals surface area contributed by atoms with Crippen molar-refractivity contribution in [2.75, 3.05) is 7.05 Å². The van der Waals surface area contributed by atoms with Gasteiger partial charge in [0.05, 0.1) is 5.69 Å². The van der Waals surface area contributed by atoms with Crippen molar-refractivity contribution >= 4 is 0 Å². The summed E-state index contributed by atoms with van der Waals surface area (Å²) < 4.78 is 0. The van der Waals surface area contributed by atoms with Crippen LogP contribution < -0.4 is 5.32 Å². The number of aromatic nitrogens is 2. The largest absolute Gasteiger partial charge is 0.346 e. The van der Waals surface area contributed by atoms with Gasteiger partial charge in [0.1, 0.15) is 5.82 Å². The van der Waals surface area contributed by atoms with Crippen LogP contribution in [0.2, 0.25) is 0 Å². The SMILES string of the molecule is CNCc1nc(C(C)C)[nH]c1C. The topological polar surface area (TPSA) is 40.7 Å². The third-order valence-electron chi connectivity index (χ3n) is 1.89. The summed E-state index contributed by atoms with van der Waals surface area (Å²) in [4.78, 5) is 7.76. The fourth-order valence-corrected chi connectivity index (χ4v) is 1.13. The zero-order valence-electron chi connectivity index (χ0n) is 8.23. The normalized spacial score (nSPS) is 11.1. The van der Waals surface area contributed by atoms with Gasteiger partial charge < -0.3 is 10.3 Å². The highest BCUT2D eigenvalue weighted by Gasteiger charge is 2.07. The van der Waals surface area contributed by atoms with Crippen molar-refractivity contribution < 1.29 is 0 Å². The Morgan fingerprint density at radius 2 is 2.17 bits per heavy atom. The Balaban J connectivity index is 2.85. The van der Waals surface area contributed by atoms with Gasteiger partial charge in [0, 0.05) is 18.2 Å². The van der Waals surface area contributed by atoms with Crippen molar-refractivity contribution in [2.24, 2.45) is 0 Å². The van der Waals surface area contributed by atoms with Crippen LogP contribution >= 0.6 is 0 Å². The maximum atomic E-state index is 4.48. The summed E-state index contributed by atoms with van der Waals surface area (Å²) in [6.07, 6.45) is 0. The highest BCUT2D eigenvalue weighted by Crippen LogP contribution is 2.12. The Kier molecular flexibility index (Phi) is 2.87. The Morgan fingerprint density at radius 3 is 2.58 bits per heavy atom. The molecule has 1 aromatic heterocycles. The van der Waals surface area contributed by atoms with Crippen molar-refractivity contribution in [1.29, 1.82) is 0 Å². The van der Waals surface area contributed by atoms with E-state index in [1.807, 2.05) is 7.05 Å². The second kappa shape index (κ2) is 3.72. The average molecular weight is 167 g/mol. The summed E-state index contributed by atoms with van der Waals surface area (Å²) >= 11 is 0. The first-order valence-electron chi connectivity index (χ1n) is 4.35. The minimum absolute atomic E-state index is 0.481. The van der Waals surface area contributed by atoms with Crippen LogP contribution in [0.4, 0.5) is 0 Å². The number of rotatable bonds is 3. The lowest BCUT2D eigenvalue weighted by Crippen LogP contribution is -2.06. The molecule has 68 valence electrons. The van der Waals surface area contributed by atoms with Crippen LogP contribution in [0, 0.1) is 6.92 Å². The van der Waals surface area contributed by atoms with Gasteiger partial charge in [0.15, 0.2) is 0 Å². The molecule has 0 aliphatic carbocycles. The van der Waals surface area contributed by atoms with Crippen LogP contribution in [0.25, 0.3) is 0 Å². The zero-order valence-corrected chi connectivity index (χ0v) is 8.23. The van der Waals surface area contributed by atoms with Gasteiger partial charge >= 0.3 is 0 Å². The van der Waals surface area contributed by atoms with Gasteiger partial charge in [-0.3, -0.25) is 0 Å². The average Bonchev–Trinajstić information content (AvgIpc) is 2.34. The fraction of sp³-hybridized carbons (Fsp3) is 0.667. The van der Waals surface area contributed by atoms with E-state index < -0.39 is 0 Å². The van der Waals surface area contributed by atoms with Crippen LogP contribution in [0.3, 0.4) is 0 Å². The molecular weight excluding hydrogens is 150 g/mol. The highest BCUT2D eigenvalue weighted by atomic mass is 15.0.